The number of anilines is 1. The predicted octanol–water partition coefficient (Wildman–Crippen LogP) is 0.891. The monoisotopic (exact) mass is 152 g/mol. The molecule has 3 heteroatoms. The number of rotatable bonds is 1. The Morgan fingerprint density at radius 1 is 1.45 bits per heavy atom. The Labute approximate surface area is 65.9 Å². The SMILES string of the molecule is CC(C)(O)c1cncc(N)c1. The van der Waals surface area contributed by atoms with E-state index in [-0.39, 0.29) is 0 Å². The minimum absolute atomic E-state index is 0.574. The molecule has 0 atom stereocenters. The smallest absolute Gasteiger partial charge is 0.0856 e. The summed E-state index contributed by atoms with van der Waals surface area (Å²) >= 11 is 0. The van der Waals surface area contributed by atoms with Crippen LogP contribution in [0.25, 0.3) is 0 Å². The van der Waals surface area contributed by atoms with Gasteiger partial charge in [-0.1, -0.05) is 0 Å². The Hall–Kier alpha value is -1.09. The van der Waals surface area contributed by atoms with Gasteiger partial charge in [0.05, 0.1) is 11.3 Å². The van der Waals surface area contributed by atoms with Crippen LogP contribution >= 0.6 is 0 Å². The highest BCUT2D eigenvalue weighted by molar-refractivity contribution is 5.38. The molecule has 3 nitrogen and oxygen atoms in total. The highest BCUT2D eigenvalue weighted by atomic mass is 16.3. The molecule has 1 heterocycles. The van der Waals surface area contributed by atoms with Crippen molar-refractivity contribution >= 4 is 5.69 Å². The second-order valence-electron chi connectivity index (χ2n) is 3.07. The normalized spacial score (nSPS) is 11.5. The topological polar surface area (TPSA) is 59.1 Å². The summed E-state index contributed by atoms with van der Waals surface area (Å²) in [5.74, 6) is 0. The molecule has 0 fully saturated rings. The van der Waals surface area contributed by atoms with E-state index in [1.165, 1.54) is 0 Å². The van der Waals surface area contributed by atoms with Gasteiger partial charge >= 0.3 is 0 Å². The van der Waals surface area contributed by atoms with Crippen molar-refractivity contribution in [3.8, 4) is 0 Å². The van der Waals surface area contributed by atoms with Gasteiger partial charge in [0.2, 0.25) is 0 Å². The van der Waals surface area contributed by atoms with E-state index in [0.29, 0.717) is 5.69 Å². The van der Waals surface area contributed by atoms with Crippen molar-refractivity contribution in [3.63, 3.8) is 0 Å². The first-order valence-corrected chi connectivity index (χ1v) is 3.43. The van der Waals surface area contributed by atoms with Gasteiger partial charge in [-0.2, -0.15) is 0 Å². The number of hydrogen-bond donors (Lipinski definition) is 2. The molecule has 11 heavy (non-hydrogen) atoms. The molecule has 0 aliphatic heterocycles. The van der Waals surface area contributed by atoms with Crippen molar-refractivity contribution in [2.45, 2.75) is 19.4 Å². The lowest BCUT2D eigenvalue weighted by Gasteiger charge is -2.16. The summed E-state index contributed by atoms with van der Waals surface area (Å²) < 4.78 is 0. The quantitative estimate of drug-likeness (QED) is 0.628. The fraction of sp³-hybridized carbons (Fsp3) is 0.375. The van der Waals surface area contributed by atoms with E-state index >= 15 is 0 Å². The van der Waals surface area contributed by atoms with Crippen molar-refractivity contribution < 1.29 is 5.11 Å². The minimum atomic E-state index is -0.859. The van der Waals surface area contributed by atoms with E-state index in [2.05, 4.69) is 4.98 Å². The molecule has 0 bridgehead atoms. The summed E-state index contributed by atoms with van der Waals surface area (Å²) in [6, 6.07) is 1.72. The molecule has 0 saturated heterocycles. The van der Waals surface area contributed by atoms with Crippen LogP contribution in [-0.2, 0) is 5.60 Å². The van der Waals surface area contributed by atoms with Gasteiger partial charge in [0.1, 0.15) is 0 Å². The number of pyridine rings is 1. The maximum Gasteiger partial charge on any atom is 0.0856 e. The Kier molecular flexibility index (Phi) is 1.83. The third-order valence-electron chi connectivity index (χ3n) is 1.47. The van der Waals surface area contributed by atoms with Crippen LogP contribution in [0.5, 0.6) is 0 Å². The summed E-state index contributed by atoms with van der Waals surface area (Å²) in [7, 11) is 0. The van der Waals surface area contributed by atoms with Crippen LogP contribution in [0.2, 0.25) is 0 Å². The number of nitrogens with two attached hydrogens (primary N) is 1. The van der Waals surface area contributed by atoms with E-state index < -0.39 is 5.60 Å². The molecule has 0 radical (unpaired) electrons. The molecule has 1 aromatic rings. The standard InChI is InChI=1S/C8H12N2O/c1-8(2,11)6-3-7(9)5-10-4-6/h3-5,11H,9H2,1-2H3. The third-order valence-corrected chi connectivity index (χ3v) is 1.47. The molecule has 60 valence electrons. The zero-order valence-electron chi connectivity index (χ0n) is 6.70. The zero-order chi connectivity index (χ0) is 8.48. The average molecular weight is 152 g/mol. The van der Waals surface area contributed by atoms with Crippen LogP contribution in [0, 0.1) is 0 Å². The van der Waals surface area contributed by atoms with Crippen LogP contribution in [0.3, 0.4) is 0 Å². The fourth-order valence-electron chi connectivity index (χ4n) is 0.792. The molecule has 0 spiro atoms. The van der Waals surface area contributed by atoms with E-state index in [9.17, 15) is 5.11 Å². The molecule has 1 rings (SSSR count). The predicted molar refractivity (Wildman–Crippen MR) is 43.9 cm³/mol. The van der Waals surface area contributed by atoms with E-state index in [0.717, 1.165) is 5.56 Å². The first kappa shape index (κ1) is 8.01. The van der Waals surface area contributed by atoms with Gasteiger partial charge in [0.15, 0.2) is 0 Å². The summed E-state index contributed by atoms with van der Waals surface area (Å²) in [6.45, 7) is 3.40. The lowest BCUT2D eigenvalue weighted by atomic mass is 10.0. The van der Waals surface area contributed by atoms with Crippen LogP contribution in [-0.4, -0.2) is 10.1 Å². The number of hydrogen-bond acceptors (Lipinski definition) is 3. The van der Waals surface area contributed by atoms with Crippen LogP contribution in [0.4, 0.5) is 5.69 Å². The fourth-order valence-corrected chi connectivity index (χ4v) is 0.792. The molecule has 0 aliphatic rings. The molecule has 0 saturated carbocycles. The third kappa shape index (κ3) is 1.91. The van der Waals surface area contributed by atoms with Crippen molar-refractivity contribution in [1.82, 2.24) is 4.98 Å². The second kappa shape index (κ2) is 2.51. The lowest BCUT2D eigenvalue weighted by molar-refractivity contribution is 0.0783. The maximum atomic E-state index is 9.52. The largest absolute Gasteiger partial charge is 0.397 e. The molecule has 0 unspecified atom stereocenters. The summed E-state index contributed by atoms with van der Waals surface area (Å²) in [5.41, 5.74) is 5.93. The van der Waals surface area contributed by atoms with E-state index in [1.807, 2.05) is 0 Å². The Morgan fingerprint density at radius 3 is 2.45 bits per heavy atom. The van der Waals surface area contributed by atoms with Gasteiger partial charge < -0.3 is 10.8 Å². The van der Waals surface area contributed by atoms with E-state index in [1.54, 1.807) is 32.3 Å². The molecule has 0 amide bonds. The molecular weight excluding hydrogens is 140 g/mol. The van der Waals surface area contributed by atoms with Gasteiger partial charge in [0.25, 0.3) is 0 Å². The minimum Gasteiger partial charge on any atom is -0.397 e. The Bertz CT molecular complexity index is 253. The number of nitrogen functional groups attached to an aromatic ring is 1. The van der Waals surface area contributed by atoms with Crippen molar-refractivity contribution in [2.75, 3.05) is 5.73 Å². The van der Waals surface area contributed by atoms with Crippen LogP contribution in [0.15, 0.2) is 18.5 Å². The van der Waals surface area contributed by atoms with Gasteiger partial charge in [-0.25, -0.2) is 0 Å². The van der Waals surface area contributed by atoms with Crippen molar-refractivity contribution in [2.24, 2.45) is 0 Å². The second-order valence-corrected chi connectivity index (χ2v) is 3.07. The Morgan fingerprint density at radius 2 is 2.09 bits per heavy atom. The van der Waals surface area contributed by atoms with Gasteiger partial charge in [-0.15, -0.1) is 0 Å². The van der Waals surface area contributed by atoms with Gasteiger partial charge in [-0.3, -0.25) is 4.98 Å². The molecular formula is C8H12N2O. The van der Waals surface area contributed by atoms with Crippen LogP contribution < -0.4 is 5.73 Å². The molecule has 3 N–H and O–H groups in total. The first-order valence-electron chi connectivity index (χ1n) is 3.43. The number of nitrogens with zero attached hydrogens (tertiary/aromatic N) is 1. The molecule has 0 aromatic carbocycles. The Balaban J connectivity index is 3.06. The molecule has 1 aromatic heterocycles. The lowest BCUT2D eigenvalue weighted by Crippen LogP contribution is -2.15. The summed E-state index contributed by atoms with van der Waals surface area (Å²) in [4.78, 5) is 3.87. The average Bonchev–Trinajstić information content (AvgIpc) is 1.86. The zero-order valence-corrected chi connectivity index (χ0v) is 6.70. The summed E-state index contributed by atoms with van der Waals surface area (Å²) in [6.07, 6.45) is 3.16. The van der Waals surface area contributed by atoms with E-state index in [4.69, 9.17) is 5.73 Å². The first-order chi connectivity index (χ1) is 5.00. The highest BCUT2D eigenvalue weighted by Gasteiger charge is 2.15. The summed E-state index contributed by atoms with van der Waals surface area (Å²) in [5, 5.41) is 9.52. The number of aromatic nitrogens is 1. The molecule has 0 aliphatic carbocycles. The highest BCUT2D eigenvalue weighted by Crippen LogP contribution is 2.19. The van der Waals surface area contributed by atoms with Gasteiger partial charge in [-0.05, 0) is 19.9 Å². The van der Waals surface area contributed by atoms with Crippen LogP contribution in [0.1, 0.15) is 19.4 Å². The number of aliphatic hydroxyl groups is 1. The van der Waals surface area contributed by atoms with Crippen molar-refractivity contribution in [1.29, 1.82) is 0 Å². The van der Waals surface area contributed by atoms with Gasteiger partial charge in [0, 0.05) is 18.0 Å². The maximum absolute atomic E-state index is 9.52. The van der Waals surface area contributed by atoms with Crippen molar-refractivity contribution in [3.05, 3.63) is 24.0 Å².